The lowest BCUT2D eigenvalue weighted by Crippen LogP contribution is -2.23. The molecule has 2 heterocycles. The summed E-state index contributed by atoms with van der Waals surface area (Å²) in [6.07, 6.45) is 6.04. The highest BCUT2D eigenvalue weighted by Crippen LogP contribution is 2.36. The molecule has 1 aliphatic rings. The van der Waals surface area contributed by atoms with Gasteiger partial charge in [-0.2, -0.15) is 0 Å². The van der Waals surface area contributed by atoms with Gasteiger partial charge in [-0.1, -0.05) is 30.5 Å². The second-order valence-electron chi connectivity index (χ2n) is 7.32. The van der Waals surface area contributed by atoms with Crippen LogP contribution < -0.4 is 5.73 Å². The van der Waals surface area contributed by atoms with Gasteiger partial charge >= 0.3 is 0 Å². The SMILES string of the molecule is Cc1noc(C)c1-c1ccc2c(c1)nc(C(N)CO)n2C1CCCCC1. The number of benzene rings is 1. The Morgan fingerprint density at radius 2 is 2.04 bits per heavy atom. The molecule has 3 aromatic rings. The van der Waals surface area contributed by atoms with Gasteiger partial charge < -0.3 is 19.9 Å². The maximum absolute atomic E-state index is 9.61. The van der Waals surface area contributed by atoms with Gasteiger partial charge in [-0.25, -0.2) is 4.98 Å². The highest BCUT2D eigenvalue weighted by atomic mass is 16.5. The maximum Gasteiger partial charge on any atom is 0.141 e. The average Bonchev–Trinajstić information content (AvgIpc) is 3.21. The molecule has 6 nitrogen and oxygen atoms in total. The van der Waals surface area contributed by atoms with Crippen molar-refractivity contribution in [3.05, 3.63) is 35.5 Å². The molecule has 6 heteroatoms. The highest BCUT2D eigenvalue weighted by molar-refractivity contribution is 5.83. The molecular weight excluding hydrogens is 328 g/mol. The molecular formula is C20H26N4O2. The van der Waals surface area contributed by atoms with E-state index in [4.69, 9.17) is 15.2 Å². The van der Waals surface area contributed by atoms with E-state index in [1.807, 2.05) is 13.8 Å². The number of fused-ring (bicyclic) bond motifs is 1. The lowest BCUT2D eigenvalue weighted by Gasteiger charge is -2.26. The molecule has 1 atom stereocenters. The monoisotopic (exact) mass is 354 g/mol. The molecule has 0 radical (unpaired) electrons. The molecule has 0 spiro atoms. The van der Waals surface area contributed by atoms with Crippen LogP contribution in [-0.4, -0.2) is 26.4 Å². The zero-order chi connectivity index (χ0) is 18.3. The number of rotatable bonds is 4. The van der Waals surface area contributed by atoms with Crippen LogP contribution in [0, 0.1) is 13.8 Å². The Kier molecular flexibility index (Phi) is 4.54. The Morgan fingerprint density at radius 3 is 2.69 bits per heavy atom. The smallest absolute Gasteiger partial charge is 0.141 e. The van der Waals surface area contributed by atoms with Gasteiger partial charge in [0, 0.05) is 11.6 Å². The van der Waals surface area contributed by atoms with E-state index in [-0.39, 0.29) is 6.61 Å². The Bertz CT molecular complexity index is 902. The van der Waals surface area contributed by atoms with Crippen molar-refractivity contribution in [3.63, 3.8) is 0 Å². The van der Waals surface area contributed by atoms with Crippen LogP contribution in [0.3, 0.4) is 0 Å². The van der Waals surface area contributed by atoms with Gasteiger partial charge in [-0.15, -0.1) is 0 Å². The van der Waals surface area contributed by atoms with E-state index >= 15 is 0 Å². The summed E-state index contributed by atoms with van der Waals surface area (Å²) >= 11 is 0. The fourth-order valence-corrected chi connectivity index (χ4v) is 4.23. The number of aliphatic hydroxyl groups excluding tert-OH is 1. The van der Waals surface area contributed by atoms with Gasteiger partial charge in [0.25, 0.3) is 0 Å². The predicted octanol–water partition coefficient (Wildman–Crippen LogP) is 3.81. The molecule has 0 bridgehead atoms. The molecule has 3 N–H and O–H groups in total. The maximum atomic E-state index is 9.61. The summed E-state index contributed by atoms with van der Waals surface area (Å²) in [6.45, 7) is 3.77. The van der Waals surface area contributed by atoms with E-state index in [0.29, 0.717) is 6.04 Å². The number of nitrogens with two attached hydrogens (primary N) is 1. The number of hydrogen-bond donors (Lipinski definition) is 2. The summed E-state index contributed by atoms with van der Waals surface area (Å²) < 4.78 is 7.58. The van der Waals surface area contributed by atoms with Crippen molar-refractivity contribution in [1.29, 1.82) is 0 Å². The molecule has 1 saturated carbocycles. The minimum atomic E-state index is -0.466. The van der Waals surface area contributed by atoms with Gasteiger partial charge in [0.1, 0.15) is 11.6 Å². The van der Waals surface area contributed by atoms with E-state index in [1.165, 1.54) is 19.3 Å². The standard InChI is InChI=1S/C20H26N4O2/c1-12-19(13(2)26-23-12)14-8-9-18-17(10-14)22-20(16(21)11-25)24(18)15-6-4-3-5-7-15/h8-10,15-16,25H,3-7,11,21H2,1-2H3. The number of hydrogen-bond acceptors (Lipinski definition) is 5. The normalized spacial score (nSPS) is 17.1. The Balaban J connectivity index is 1.86. The molecule has 1 fully saturated rings. The van der Waals surface area contributed by atoms with Crippen molar-refractivity contribution in [2.45, 2.75) is 58.0 Å². The van der Waals surface area contributed by atoms with Crippen molar-refractivity contribution >= 4 is 11.0 Å². The van der Waals surface area contributed by atoms with Crippen LogP contribution >= 0.6 is 0 Å². The molecule has 0 amide bonds. The highest BCUT2D eigenvalue weighted by Gasteiger charge is 2.24. The second kappa shape index (κ2) is 6.85. The lowest BCUT2D eigenvalue weighted by molar-refractivity contribution is 0.254. The van der Waals surface area contributed by atoms with Gasteiger partial charge in [0.05, 0.1) is 29.4 Å². The predicted molar refractivity (Wildman–Crippen MR) is 101 cm³/mol. The van der Waals surface area contributed by atoms with Crippen molar-refractivity contribution < 1.29 is 9.63 Å². The first kappa shape index (κ1) is 17.2. The van der Waals surface area contributed by atoms with Crippen LogP contribution in [0.2, 0.25) is 0 Å². The first-order valence-corrected chi connectivity index (χ1v) is 9.41. The molecule has 4 rings (SSSR count). The van der Waals surface area contributed by atoms with Gasteiger partial charge in [-0.3, -0.25) is 0 Å². The lowest BCUT2D eigenvalue weighted by atomic mass is 9.94. The summed E-state index contributed by atoms with van der Waals surface area (Å²) in [6, 6.07) is 6.24. The van der Waals surface area contributed by atoms with Gasteiger partial charge in [0.2, 0.25) is 0 Å². The number of aryl methyl sites for hydroxylation is 2. The Labute approximate surface area is 153 Å². The topological polar surface area (TPSA) is 90.1 Å². The minimum Gasteiger partial charge on any atom is -0.394 e. The third kappa shape index (κ3) is 2.83. The van der Waals surface area contributed by atoms with Gasteiger partial charge in [0.15, 0.2) is 0 Å². The molecule has 1 aliphatic carbocycles. The van der Waals surface area contributed by atoms with Crippen LogP contribution in [0.25, 0.3) is 22.2 Å². The quantitative estimate of drug-likeness (QED) is 0.743. The number of imidazole rings is 1. The number of aromatic nitrogens is 3. The van der Waals surface area contributed by atoms with Crippen LogP contribution in [0.15, 0.2) is 22.7 Å². The van der Waals surface area contributed by atoms with E-state index in [0.717, 1.165) is 52.3 Å². The molecule has 1 unspecified atom stereocenters. The summed E-state index contributed by atoms with van der Waals surface area (Å²) in [5.41, 5.74) is 11.1. The van der Waals surface area contributed by atoms with E-state index in [9.17, 15) is 5.11 Å². The molecule has 0 saturated heterocycles. The largest absolute Gasteiger partial charge is 0.394 e. The third-order valence-corrected chi connectivity index (χ3v) is 5.51. The molecule has 1 aromatic carbocycles. The Morgan fingerprint density at radius 1 is 1.27 bits per heavy atom. The van der Waals surface area contributed by atoms with Crippen molar-refractivity contribution in [3.8, 4) is 11.1 Å². The summed E-state index contributed by atoms with van der Waals surface area (Å²) in [5.74, 6) is 1.59. The minimum absolute atomic E-state index is 0.104. The van der Waals surface area contributed by atoms with Crippen LogP contribution in [0.5, 0.6) is 0 Å². The molecule has 138 valence electrons. The number of nitrogens with zero attached hydrogens (tertiary/aromatic N) is 3. The van der Waals surface area contributed by atoms with Gasteiger partial charge in [-0.05, 0) is 44.4 Å². The summed E-state index contributed by atoms with van der Waals surface area (Å²) in [5, 5.41) is 13.7. The average molecular weight is 354 g/mol. The van der Waals surface area contributed by atoms with Crippen molar-refractivity contribution in [1.82, 2.24) is 14.7 Å². The van der Waals surface area contributed by atoms with E-state index < -0.39 is 6.04 Å². The first-order valence-electron chi connectivity index (χ1n) is 9.41. The third-order valence-electron chi connectivity index (χ3n) is 5.51. The van der Waals surface area contributed by atoms with Crippen molar-refractivity contribution in [2.75, 3.05) is 6.61 Å². The van der Waals surface area contributed by atoms with E-state index in [2.05, 4.69) is 27.9 Å². The zero-order valence-electron chi connectivity index (χ0n) is 15.4. The zero-order valence-corrected chi connectivity index (χ0v) is 15.4. The summed E-state index contributed by atoms with van der Waals surface area (Å²) in [7, 11) is 0. The molecule has 2 aromatic heterocycles. The molecule has 26 heavy (non-hydrogen) atoms. The van der Waals surface area contributed by atoms with E-state index in [1.54, 1.807) is 0 Å². The Hall–Kier alpha value is -2.18. The summed E-state index contributed by atoms with van der Waals surface area (Å²) in [4.78, 5) is 4.82. The fraction of sp³-hybridized carbons (Fsp3) is 0.500. The number of aliphatic hydroxyl groups is 1. The van der Waals surface area contributed by atoms with Crippen LogP contribution in [0.4, 0.5) is 0 Å². The second-order valence-corrected chi connectivity index (χ2v) is 7.32. The first-order chi connectivity index (χ1) is 12.6. The van der Waals surface area contributed by atoms with Crippen LogP contribution in [-0.2, 0) is 0 Å². The molecule has 0 aliphatic heterocycles. The van der Waals surface area contributed by atoms with Crippen LogP contribution in [0.1, 0.15) is 61.5 Å². The fourth-order valence-electron chi connectivity index (χ4n) is 4.23. The van der Waals surface area contributed by atoms with Crippen molar-refractivity contribution in [2.24, 2.45) is 5.73 Å².